The average Bonchev–Trinajstić information content (AvgIpc) is 2.76. The van der Waals surface area contributed by atoms with E-state index in [-0.39, 0.29) is 39.7 Å². The van der Waals surface area contributed by atoms with Crippen molar-refractivity contribution in [1.29, 1.82) is 0 Å². The van der Waals surface area contributed by atoms with Crippen LogP contribution in [0, 0.1) is 11.8 Å². The largest absolute Gasteiger partial charge is 0.377 e. The first-order chi connectivity index (χ1) is 16.2. The fraction of sp³-hybridized carbons (Fsp3) is 0.348. The number of hydrogen-bond donors (Lipinski definition) is 3. The zero-order valence-electron chi connectivity index (χ0n) is 19.3. The summed E-state index contributed by atoms with van der Waals surface area (Å²) in [7, 11) is -8.06. The van der Waals surface area contributed by atoms with Gasteiger partial charge in [0.15, 0.2) is 11.6 Å². The lowest BCUT2D eigenvalue weighted by Gasteiger charge is -2.37. The van der Waals surface area contributed by atoms with E-state index in [1.165, 1.54) is 24.3 Å². The van der Waals surface area contributed by atoms with Gasteiger partial charge in [-0.2, -0.15) is 8.42 Å². The number of rotatable bonds is 6. The normalized spacial score (nSPS) is 23.2. The molecule has 1 aliphatic carbocycles. The van der Waals surface area contributed by atoms with Crippen LogP contribution in [0.25, 0.3) is 0 Å². The smallest absolute Gasteiger partial charge is 0.286 e. The number of Topliss-reactive ketones (excluding diaryl/α,β-unsaturated/α-hetero) is 2. The summed E-state index contributed by atoms with van der Waals surface area (Å²) in [6.45, 7) is 3.88. The van der Waals surface area contributed by atoms with Crippen molar-refractivity contribution in [2.75, 3.05) is 16.3 Å². The molecule has 1 heterocycles. The summed E-state index contributed by atoms with van der Waals surface area (Å²) in [5, 5.41) is 14.3. The molecule has 1 unspecified atom stereocenters. The molecule has 2 aromatic rings. The number of amidine groups is 1. The van der Waals surface area contributed by atoms with Gasteiger partial charge in [0.1, 0.15) is 22.3 Å². The second kappa shape index (κ2) is 8.54. The predicted molar refractivity (Wildman–Crippen MR) is 130 cm³/mol. The average molecular weight is 520 g/mol. The molecule has 10 nitrogen and oxygen atoms in total. The maximum absolute atomic E-state index is 13.6. The number of anilines is 2. The number of sulfonamides is 2. The third-order valence-corrected chi connectivity index (χ3v) is 7.91. The molecule has 0 aromatic heterocycles. The standard InChI is InChI=1S/C23H25N3O7S2/c1-13(2)10-11-23(29)16-7-5-4-6-15(16)20(27)19(21(23)28)22-24-17-9-8-14(25-34(3,30)31)12-18(17)35(32,33)26-22/h4-9,12-13,19,25,29H,10-11H2,1-3H3,(H,24,26)/t19?,23-/m0/s1. The molecule has 0 spiro atoms. The summed E-state index contributed by atoms with van der Waals surface area (Å²) < 4.78 is 54.9. The third-order valence-electron chi connectivity index (χ3n) is 5.97. The fourth-order valence-corrected chi connectivity index (χ4v) is 6.03. The molecule has 3 N–H and O–H groups in total. The number of carbonyl (C=O) groups is 2. The monoisotopic (exact) mass is 519 g/mol. The molecule has 2 atom stereocenters. The lowest BCUT2D eigenvalue weighted by Crippen LogP contribution is -2.52. The summed E-state index contributed by atoms with van der Waals surface area (Å²) >= 11 is 0. The molecule has 0 fully saturated rings. The zero-order valence-corrected chi connectivity index (χ0v) is 20.9. The molecule has 0 saturated carbocycles. The van der Waals surface area contributed by atoms with E-state index in [9.17, 15) is 31.5 Å². The maximum Gasteiger partial charge on any atom is 0.286 e. The van der Waals surface area contributed by atoms with Crippen molar-refractivity contribution in [1.82, 2.24) is 0 Å². The van der Waals surface area contributed by atoms with Crippen LogP contribution in [-0.4, -0.2) is 45.6 Å². The minimum absolute atomic E-state index is 0.0112. The number of ketones is 2. The van der Waals surface area contributed by atoms with Gasteiger partial charge in [-0.3, -0.25) is 14.3 Å². The highest BCUT2D eigenvalue weighted by atomic mass is 32.2. The Morgan fingerprint density at radius 1 is 1.17 bits per heavy atom. The van der Waals surface area contributed by atoms with Crippen molar-refractivity contribution in [2.24, 2.45) is 16.2 Å². The van der Waals surface area contributed by atoms with E-state index in [4.69, 9.17) is 0 Å². The number of nitrogens with zero attached hydrogens (tertiary/aromatic N) is 1. The topological polar surface area (TPSA) is 159 Å². The Hall–Kier alpha value is -3.09. The number of hydrogen-bond acceptors (Lipinski definition) is 8. The fourth-order valence-electron chi connectivity index (χ4n) is 4.29. The Kier molecular flexibility index (Phi) is 6.10. The number of aliphatic hydroxyl groups is 1. The Labute approximate surface area is 203 Å². The Bertz CT molecular complexity index is 1480. The van der Waals surface area contributed by atoms with Gasteiger partial charge in [0.05, 0.1) is 11.9 Å². The lowest BCUT2D eigenvalue weighted by atomic mass is 9.69. The molecular weight excluding hydrogens is 494 g/mol. The predicted octanol–water partition coefficient (Wildman–Crippen LogP) is 2.28. The molecule has 0 radical (unpaired) electrons. The number of fused-ring (bicyclic) bond motifs is 2. The van der Waals surface area contributed by atoms with Gasteiger partial charge in [-0.05, 0) is 37.0 Å². The molecule has 2 aromatic carbocycles. The zero-order chi connectivity index (χ0) is 25.8. The van der Waals surface area contributed by atoms with Crippen molar-refractivity contribution in [3.8, 4) is 0 Å². The molecule has 186 valence electrons. The summed E-state index contributed by atoms with van der Waals surface area (Å²) in [6.07, 6.45) is 1.48. The van der Waals surface area contributed by atoms with Gasteiger partial charge >= 0.3 is 0 Å². The van der Waals surface area contributed by atoms with Gasteiger partial charge in [-0.1, -0.05) is 38.1 Å². The van der Waals surface area contributed by atoms with Crippen LogP contribution in [0.3, 0.4) is 0 Å². The molecule has 0 bridgehead atoms. The van der Waals surface area contributed by atoms with Crippen LogP contribution < -0.4 is 10.0 Å². The van der Waals surface area contributed by atoms with Crippen LogP contribution >= 0.6 is 0 Å². The first-order valence-corrected chi connectivity index (χ1v) is 14.2. The van der Waals surface area contributed by atoms with Crippen molar-refractivity contribution < 1.29 is 31.5 Å². The van der Waals surface area contributed by atoms with E-state index >= 15 is 0 Å². The third kappa shape index (κ3) is 4.60. The molecule has 0 amide bonds. The van der Waals surface area contributed by atoms with Crippen molar-refractivity contribution in [3.05, 3.63) is 53.6 Å². The van der Waals surface area contributed by atoms with Crippen LogP contribution in [0.1, 0.15) is 42.6 Å². The van der Waals surface area contributed by atoms with Gasteiger partial charge in [0.25, 0.3) is 10.0 Å². The highest BCUT2D eigenvalue weighted by Gasteiger charge is 2.53. The van der Waals surface area contributed by atoms with E-state index < -0.39 is 49.0 Å². The molecule has 4 rings (SSSR count). The number of benzene rings is 2. The van der Waals surface area contributed by atoms with Crippen molar-refractivity contribution >= 4 is 48.8 Å². The molecule has 2 aliphatic rings. The van der Waals surface area contributed by atoms with Gasteiger partial charge < -0.3 is 10.4 Å². The molecular formula is C23H25N3O7S2. The summed E-state index contributed by atoms with van der Waals surface area (Å²) in [5.74, 6) is -3.41. The summed E-state index contributed by atoms with van der Waals surface area (Å²) in [4.78, 5) is 26.6. The summed E-state index contributed by atoms with van der Waals surface area (Å²) in [5.41, 5.74) is -1.63. The van der Waals surface area contributed by atoms with Crippen LogP contribution in [0.4, 0.5) is 11.4 Å². The van der Waals surface area contributed by atoms with E-state index in [0.717, 1.165) is 12.3 Å². The van der Waals surface area contributed by atoms with Gasteiger partial charge in [-0.25, -0.2) is 8.42 Å². The minimum atomic E-state index is -4.40. The first-order valence-electron chi connectivity index (χ1n) is 10.9. The van der Waals surface area contributed by atoms with E-state index in [0.29, 0.717) is 6.42 Å². The van der Waals surface area contributed by atoms with Crippen molar-refractivity contribution in [2.45, 2.75) is 37.2 Å². The molecule has 1 aliphatic heterocycles. The van der Waals surface area contributed by atoms with Crippen LogP contribution in [-0.2, 0) is 30.4 Å². The van der Waals surface area contributed by atoms with Gasteiger partial charge in [-0.15, -0.1) is 4.40 Å². The highest BCUT2D eigenvalue weighted by molar-refractivity contribution is 7.92. The quantitative estimate of drug-likeness (QED) is 0.490. The lowest BCUT2D eigenvalue weighted by molar-refractivity contribution is -0.141. The minimum Gasteiger partial charge on any atom is -0.377 e. The van der Waals surface area contributed by atoms with Crippen molar-refractivity contribution in [3.63, 3.8) is 0 Å². The second-order valence-corrected chi connectivity index (χ2v) is 12.5. The number of carbonyl (C=O) groups excluding carboxylic acids is 2. The van der Waals surface area contributed by atoms with Crippen LogP contribution in [0.2, 0.25) is 0 Å². The number of nitrogens with one attached hydrogen (secondary N) is 2. The van der Waals surface area contributed by atoms with E-state index in [1.807, 2.05) is 13.8 Å². The Morgan fingerprint density at radius 3 is 2.51 bits per heavy atom. The first kappa shape index (κ1) is 25.0. The molecule has 0 saturated heterocycles. The Balaban J connectivity index is 1.79. The SMILES string of the molecule is CC(C)CC[C@@]1(O)C(=O)C(C2=NS(=O)(=O)c3cc(NS(C)(=O)=O)ccc3N2)C(=O)c2ccccc21. The van der Waals surface area contributed by atoms with Gasteiger partial charge in [0, 0.05) is 16.8 Å². The van der Waals surface area contributed by atoms with Gasteiger partial charge in [0.2, 0.25) is 10.0 Å². The van der Waals surface area contributed by atoms with E-state index in [1.54, 1.807) is 12.1 Å². The highest BCUT2D eigenvalue weighted by Crippen LogP contribution is 2.41. The van der Waals surface area contributed by atoms with Crippen LogP contribution in [0.5, 0.6) is 0 Å². The van der Waals surface area contributed by atoms with E-state index in [2.05, 4.69) is 14.4 Å². The summed E-state index contributed by atoms with van der Waals surface area (Å²) in [6, 6.07) is 9.99. The Morgan fingerprint density at radius 2 is 1.86 bits per heavy atom. The second-order valence-electron chi connectivity index (χ2n) is 9.16. The maximum atomic E-state index is 13.6. The van der Waals surface area contributed by atoms with Crippen LogP contribution in [0.15, 0.2) is 51.8 Å². The molecule has 35 heavy (non-hydrogen) atoms. The molecule has 12 heteroatoms.